The molecule has 0 radical (unpaired) electrons. The average Bonchev–Trinajstić information content (AvgIpc) is 2.43. The van der Waals surface area contributed by atoms with Crippen LogP contribution in [0, 0.1) is 32.5 Å². The van der Waals surface area contributed by atoms with Crippen LogP contribution in [0.15, 0.2) is 226 Å². The van der Waals surface area contributed by atoms with E-state index in [1.807, 2.05) is 160 Å². The van der Waals surface area contributed by atoms with E-state index in [9.17, 15) is 29.7 Å². The molecule has 0 saturated heterocycles. The Balaban J connectivity index is 0.000000573. The molecule has 0 aromatic rings. The van der Waals surface area contributed by atoms with Gasteiger partial charge in [0.25, 0.3) is 0 Å². The van der Waals surface area contributed by atoms with Crippen molar-refractivity contribution in [1.29, 1.82) is 0 Å². The highest BCUT2D eigenvalue weighted by molar-refractivity contribution is 15.0. The number of allylic oxidation sites excluding steroid dienone is 38. The predicted octanol–water partition coefficient (Wildman–Crippen LogP) is 21.0. The van der Waals surface area contributed by atoms with Crippen LogP contribution in [0.25, 0.3) is 0 Å². The van der Waals surface area contributed by atoms with Gasteiger partial charge in [-0.25, -0.2) is 0 Å². The highest BCUT2D eigenvalue weighted by atomic mass is 128. The Morgan fingerprint density at radius 3 is 0.977 bits per heavy atom. The number of carbonyl (C=O) groups excluding carboxylic acids is 3. The Morgan fingerprint density at radius 1 is 0.395 bits per heavy atom. The number of aliphatic hydroxyl groups is 3. The second-order valence-electron chi connectivity index (χ2n) is 27.1. The van der Waals surface area contributed by atoms with Gasteiger partial charge in [-0.3, -0.25) is 14.4 Å². The highest BCUT2D eigenvalue weighted by Crippen LogP contribution is 2.55. The number of ketones is 3. The van der Waals surface area contributed by atoms with Gasteiger partial charge in [-0.1, -0.05) is 264 Å². The molecule has 3 fully saturated rings. The summed E-state index contributed by atoms with van der Waals surface area (Å²) >= 11 is 4.24. The van der Waals surface area contributed by atoms with Crippen LogP contribution in [0.1, 0.15) is 189 Å². The van der Waals surface area contributed by atoms with Crippen molar-refractivity contribution in [2.75, 3.05) is 0 Å². The van der Waals surface area contributed by atoms with Crippen LogP contribution in [-0.2, 0) is 14.4 Å². The van der Waals surface area contributed by atoms with E-state index >= 15 is 0 Å². The summed E-state index contributed by atoms with van der Waals surface area (Å²) in [5.41, 5.74) is 9.38. The molecule has 6 atom stereocenters. The highest BCUT2D eigenvalue weighted by Gasteiger charge is 2.55. The predicted molar refractivity (Wildman–Crippen MR) is 387 cm³/mol. The van der Waals surface area contributed by atoms with Gasteiger partial charge in [0, 0.05) is 58.9 Å². The van der Waals surface area contributed by atoms with E-state index in [0.717, 1.165) is 39.9 Å². The van der Waals surface area contributed by atoms with Crippen LogP contribution in [0.3, 0.4) is 0 Å². The Kier molecular flexibility index (Phi) is 33.2. The van der Waals surface area contributed by atoms with E-state index in [0.29, 0.717) is 32.1 Å². The Hall–Kier alpha value is -4.59. The topological polar surface area (TPSA) is 112 Å². The first-order valence-electron chi connectivity index (χ1n) is 30.9. The molecule has 4 aliphatic carbocycles. The SMILES string of the molecule is CC(/C=C/C=C(C)/C=C/C(=O)[C@]1(C)C[C@@H](O)CC1(C)C)=C\C=C\C=C(C)\C=C\C=C(C)\C=C\C(=O)[C@]1(C)C[C@@H](O)CC1(C)C.CC1=C(/C=C/C(C)=C/C=C/C(C)=C/C=C/C=C(C)/C=C/C=C(C)/C=C/C(=O)[C@]2(C)CCC(O)C2(C)C)CCCC1.II. The standard InChI is InChI=1S/C40H56O4.C38H52O2.I2/c1-29(17-13-19-31(3)21-23-35(43)39(9)27-33(41)25-37(39,5)6)15-11-12-16-30(2)18-14-20-32(4)22-24-36(44)40(10)28-34(42)26-38(40,7)8;1-29(17-13-19-31(3)23-25-34-22-12-11-21-33(34)5)15-9-10-16-30(2)18-14-20-32(4)24-26-36(40)38(8)28-27-35(39)37(38,6)7;1-2/h11-24,33-34,41-42H,25-28H2,1-10H3;9-10,13-20,23-26,35,39H,11-12,21-22,27-28H2,1-8H3;/b12-11+,17-13+,18-14+,23-21+,24-22+,29-15+,30-16+,31-19+,32-20+;10-9+,17-13+,18-14+,25-23+,26-24+,29-15+,30-16+,31-19+,32-20+;/t33-,34-,39-,40-;35?,38-;/m00./s1. The van der Waals surface area contributed by atoms with E-state index in [2.05, 4.69) is 153 Å². The van der Waals surface area contributed by atoms with Gasteiger partial charge in [0.1, 0.15) is 0 Å². The van der Waals surface area contributed by atoms with E-state index in [-0.39, 0.29) is 28.2 Å². The molecule has 6 nitrogen and oxygen atoms in total. The summed E-state index contributed by atoms with van der Waals surface area (Å²) < 4.78 is 0. The first-order chi connectivity index (χ1) is 40.2. The molecular weight excluding hydrogens is 1290 g/mol. The molecule has 8 heteroatoms. The smallest absolute Gasteiger partial charge is 0.162 e. The molecule has 0 heterocycles. The molecule has 0 aromatic heterocycles. The quantitative estimate of drug-likeness (QED) is 0.0534. The van der Waals surface area contributed by atoms with Crippen LogP contribution in [-0.4, -0.2) is 51.0 Å². The summed E-state index contributed by atoms with van der Waals surface area (Å²) in [6.45, 7) is 36.8. The molecule has 1 unspecified atom stereocenters. The number of rotatable bonds is 23. The minimum absolute atomic E-state index is 0.0742. The summed E-state index contributed by atoms with van der Waals surface area (Å²) in [6.07, 6.45) is 63.5. The van der Waals surface area contributed by atoms with Gasteiger partial charge in [-0.15, -0.1) is 0 Å². The summed E-state index contributed by atoms with van der Waals surface area (Å²) in [5.74, 6) is 0.242. The Bertz CT molecular complexity index is 2840. The first-order valence-corrected chi connectivity index (χ1v) is 37.1. The number of halogens is 2. The number of carbonyl (C=O) groups is 3. The summed E-state index contributed by atoms with van der Waals surface area (Å²) in [6, 6.07) is 0. The number of aliphatic hydroxyl groups excluding tert-OH is 3. The zero-order valence-electron chi connectivity index (χ0n) is 55.8. The van der Waals surface area contributed by atoms with Crippen LogP contribution < -0.4 is 0 Å². The minimum Gasteiger partial charge on any atom is -0.393 e. The number of hydrogen-bond acceptors (Lipinski definition) is 6. The normalized spacial score (nSPS) is 27.5. The maximum Gasteiger partial charge on any atom is 0.162 e. The fraction of sp³-hybridized carbons (Fsp3) is 0.474. The Morgan fingerprint density at radius 2 is 0.686 bits per heavy atom. The fourth-order valence-electron chi connectivity index (χ4n) is 11.4. The van der Waals surface area contributed by atoms with Crippen LogP contribution >= 0.6 is 37.2 Å². The minimum atomic E-state index is -0.542. The second kappa shape index (κ2) is 36.8. The van der Waals surface area contributed by atoms with Crippen molar-refractivity contribution in [3.8, 4) is 0 Å². The Labute approximate surface area is 545 Å². The molecule has 0 bridgehead atoms. The third kappa shape index (κ3) is 24.4. The molecule has 470 valence electrons. The van der Waals surface area contributed by atoms with Crippen molar-refractivity contribution in [3.05, 3.63) is 226 Å². The molecule has 86 heavy (non-hydrogen) atoms. The van der Waals surface area contributed by atoms with Crippen molar-refractivity contribution in [2.24, 2.45) is 32.5 Å². The number of hydrogen-bond donors (Lipinski definition) is 3. The molecule has 4 rings (SSSR count). The lowest BCUT2D eigenvalue weighted by molar-refractivity contribution is -0.130. The summed E-state index contributed by atoms with van der Waals surface area (Å²) in [7, 11) is 0. The third-order valence-electron chi connectivity index (χ3n) is 18.9. The van der Waals surface area contributed by atoms with E-state index in [4.69, 9.17) is 0 Å². The van der Waals surface area contributed by atoms with Crippen LogP contribution in [0.5, 0.6) is 0 Å². The molecular formula is C78H108I2O6. The lowest BCUT2D eigenvalue weighted by Gasteiger charge is -2.38. The maximum atomic E-state index is 12.9. The van der Waals surface area contributed by atoms with E-state index < -0.39 is 40.0 Å². The van der Waals surface area contributed by atoms with Crippen LogP contribution in [0.4, 0.5) is 0 Å². The fourth-order valence-corrected chi connectivity index (χ4v) is 11.4. The maximum absolute atomic E-state index is 12.9. The van der Waals surface area contributed by atoms with E-state index in [1.165, 1.54) is 42.4 Å². The van der Waals surface area contributed by atoms with Crippen molar-refractivity contribution in [2.45, 2.75) is 207 Å². The largest absolute Gasteiger partial charge is 0.393 e. The lowest BCUT2D eigenvalue weighted by atomic mass is 9.66. The van der Waals surface area contributed by atoms with Gasteiger partial charge in [-0.05, 0) is 161 Å². The van der Waals surface area contributed by atoms with Gasteiger partial charge in [-0.2, -0.15) is 0 Å². The zero-order chi connectivity index (χ0) is 65.1. The summed E-state index contributed by atoms with van der Waals surface area (Å²) in [5, 5.41) is 30.5. The van der Waals surface area contributed by atoms with Crippen molar-refractivity contribution < 1.29 is 29.7 Å². The molecule has 0 amide bonds. The van der Waals surface area contributed by atoms with Crippen molar-refractivity contribution in [3.63, 3.8) is 0 Å². The van der Waals surface area contributed by atoms with Gasteiger partial charge in [0.15, 0.2) is 17.3 Å². The molecule has 0 spiro atoms. The molecule has 3 saturated carbocycles. The average molecular weight is 1400 g/mol. The molecule has 4 aliphatic rings. The van der Waals surface area contributed by atoms with Gasteiger partial charge < -0.3 is 15.3 Å². The van der Waals surface area contributed by atoms with Crippen molar-refractivity contribution in [1.82, 2.24) is 0 Å². The lowest BCUT2D eigenvalue weighted by Crippen LogP contribution is -2.41. The zero-order valence-corrected chi connectivity index (χ0v) is 60.1. The van der Waals surface area contributed by atoms with Gasteiger partial charge >= 0.3 is 0 Å². The van der Waals surface area contributed by atoms with Gasteiger partial charge in [0.2, 0.25) is 0 Å². The summed E-state index contributed by atoms with van der Waals surface area (Å²) in [4.78, 5) is 38.8. The first kappa shape index (κ1) is 77.5. The van der Waals surface area contributed by atoms with Crippen molar-refractivity contribution >= 4 is 54.6 Å². The van der Waals surface area contributed by atoms with Crippen LogP contribution in [0.2, 0.25) is 0 Å². The molecule has 3 N–H and O–H groups in total. The molecule has 0 aromatic carbocycles. The monoisotopic (exact) mass is 1390 g/mol. The van der Waals surface area contributed by atoms with E-state index in [1.54, 1.807) is 23.8 Å². The second-order valence-corrected chi connectivity index (χ2v) is 27.1. The third-order valence-corrected chi connectivity index (χ3v) is 18.9. The molecule has 0 aliphatic heterocycles. The van der Waals surface area contributed by atoms with Gasteiger partial charge in [0.05, 0.1) is 18.3 Å².